The van der Waals surface area contributed by atoms with Gasteiger partial charge in [0, 0.05) is 29.6 Å². The van der Waals surface area contributed by atoms with E-state index in [0.29, 0.717) is 30.6 Å². The van der Waals surface area contributed by atoms with Gasteiger partial charge in [0.1, 0.15) is 0 Å². The fourth-order valence-electron chi connectivity index (χ4n) is 3.63. The number of aromatic nitrogens is 1. The molecule has 0 bridgehead atoms. The molecule has 4 rings (SSSR count). The van der Waals surface area contributed by atoms with E-state index in [1.54, 1.807) is 0 Å². The molecule has 3 aromatic carbocycles. The van der Waals surface area contributed by atoms with Gasteiger partial charge in [-0.1, -0.05) is 66.7 Å². The van der Waals surface area contributed by atoms with E-state index in [4.69, 9.17) is 4.98 Å². The number of nitrogens with one attached hydrogen (secondary N) is 2. The number of pyridine rings is 1. The van der Waals surface area contributed by atoms with Gasteiger partial charge in [-0.25, -0.2) is 4.98 Å². The number of carbonyl (C=O) groups excluding carboxylic acids is 2. The van der Waals surface area contributed by atoms with Crippen LogP contribution in [-0.4, -0.2) is 29.9 Å². The number of fused-ring (bicyclic) bond motifs is 1. The highest BCUT2D eigenvalue weighted by Crippen LogP contribution is 2.24. The third-order valence-electron chi connectivity index (χ3n) is 5.34. The van der Waals surface area contributed by atoms with Gasteiger partial charge in [0.05, 0.1) is 16.8 Å². The first-order valence-electron chi connectivity index (χ1n) is 10.7. The average molecular weight is 424 g/mol. The Balaban J connectivity index is 1.40. The second-order valence-corrected chi connectivity index (χ2v) is 7.62. The van der Waals surface area contributed by atoms with Crippen LogP contribution in [0.15, 0.2) is 84.9 Å². The molecular weight excluding hydrogens is 398 g/mol. The summed E-state index contributed by atoms with van der Waals surface area (Å²) in [4.78, 5) is 30.0. The van der Waals surface area contributed by atoms with E-state index in [1.807, 2.05) is 91.9 Å². The molecule has 2 amide bonds. The van der Waals surface area contributed by atoms with Crippen molar-refractivity contribution < 1.29 is 9.59 Å². The average Bonchev–Trinajstić information content (AvgIpc) is 2.83. The lowest BCUT2D eigenvalue weighted by Gasteiger charge is -2.11. The molecule has 0 aliphatic rings. The van der Waals surface area contributed by atoms with E-state index in [9.17, 15) is 9.59 Å². The summed E-state index contributed by atoms with van der Waals surface area (Å²) in [6.45, 7) is 2.86. The third kappa shape index (κ3) is 4.83. The number of carbonyl (C=O) groups is 2. The smallest absolute Gasteiger partial charge is 0.252 e. The lowest BCUT2D eigenvalue weighted by Crippen LogP contribution is -2.30. The second kappa shape index (κ2) is 9.88. The van der Waals surface area contributed by atoms with Crippen LogP contribution in [0.4, 0.5) is 0 Å². The van der Waals surface area contributed by atoms with E-state index >= 15 is 0 Å². The van der Waals surface area contributed by atoms with Crippen LogP contribution < -0.4 is 10.6 Å². The van der Waals surface area contributed by atoms with Crippen LogP contribution in [0.5, 0.6) is 0 Å². The summed E-state index contributed by atoms with van der Waals surface area (Å²) < 4.78 is 0. The van der Waals surface area contributed by atoms with Crippen molar-refractivity contribution in [2.45, 2.75) is 13.3 Å². The minimum absolute atomic E-state index is 0.0953. The Morgan fingerprint density at radius 3 is 2.12 bits per heavy atom. The topological polar surface area (TPSA) is 71.1 Å². The SMILES string of the molecule is Cc1ccccc1C(=O)NCCCNC(=O)c1cc(-c2ccccc2)nc2ccccc12. The molecule has 5 nitrogen and oxygen atoms in total. The van der Waals surface area contributed by atoms with Gasteiger partial charge in [0.15, 0.2) is 0 Å². The first kappa shape index (κ1) is 21.2. The van der Waals surface area contributed by atoms with E-state index in [-0.39, 0.29) is 11.8 Å². The van der Waals surface area contributed by atoms with Crippen LogP contribution in [0.3, 0.4) is 0 Å². The summed E-state index contributed by atoms with van der Waals surface area (Å²) in [5.41, 5.74) is 4.72. The zero-order valence-corrected chi connectivity index (χ0v) is 18.0. The van der Waals surface area contributed by atoms with Gasteiger partial charge in [-0.05, 0) is 37.1 Å². The molecule has 2 N–H and O–H groups in total. The largest absolute Gasteiger partial charge is 0.352 e. The quantitative estimate of drug-likeness (QED) is 0.421. The van der Waals surface area contributed by atoms with Gasteiger partial charge in [-0.3, -0.25) is 9.59 Å². The summed E-state index contributed by atoms with van der Waals surface area (Å²) in [6, 6.07) is 26.8. The maximum absolute atomic E-state index is 13.0. The van der Waals surface area contributed by atoms with Gasteiger partial charge < -0.3 is 10.6 Å². The van der Waals surface area contributed by atoms with Crippen molar-refractivity contribution in [2.75, 3.05) is 13.1 Å². The van der Waals surface area contributed by atoms with E-state index in [2.05, 4.69) is 10.6 Å². The first-order chi connectivity index (χ1) is 15.6. The minimum Gasteiger partial charge on any atom is -0.352 e. The predicted octanol–water partition coefficient (Wildman–Crippen LogP) is 4.76. The first-order valence-corrected chi connectivity index (χ1v) is 10.7. The molecular formula is C27H25N3O2. The number of rotatable bonds is 7. The molecule has 1 aromatic heterocycles. The van der Waals surface area contributed by atoms with Crippen molar-refractivity contribution in [2.24, 2.45) is 0 Å². The molecule has 0 aliphatic carbocycles. The van der Waals surface area contributed by atoms with E-state index in [0.717, 1.165) is 27.7 Å². The Morgan fingerprint density at radius 1 is 0.750 bits per heavy atom. The maximum atomic E-state index is 13.0. The predicted molar refractivity (Wildman–Crippen MR) is 128 cm³/mol. The molecule has 0 fully saturated rings. The van der Waals surface area contributed by atoms with Gasteiger partial charge in [0.25, 0.3) is 11.8 Å². The molecule has 0 unspecified atom stereocenters. The van der Waals surface area contributed by atoms with Gasteiger partial charge in [-0.15, -0.1) is 0 Å². The number of hydrogen-bond acceptors (Lipinski definition) is 3. The van der Waals surface area contributed by atoms with Gasteiger partial charge in [0.2, 0.25) is 0 Å². The Bertz CT molecular complexity index is 1250. The van der Waals surface area contributed by atoms with Gasteiger partial charge >= 0.3 is 0 Å². The summed E-state index contributed by atoms with van der Waals surface area (Å²) in [5, 5.41) is 6.71. The number of benzene rings is 3. The van der Waals surface area contributed by atoms with Crippen LogP contribution in [0, 0.1) is 6.92 Å². The molecule has 4 aromatic rings. The highest BCUT2D eigenvalue weighted by Gasteiger charge is 2.14. The molecule has 32 heavy (non-hydrogen) atoms. The third-order valence-corrected chi connectivity index (χ3v) is 5.34. The number of nitrogens with zero attached hydrogens (tertiary/aromatic N) is 1. The Hall–Kier alpha value is -3.99. The number of para-hydroxylation sites is 1. The Labute approximate surface area is 187 Å². The van der Waals surface area contributed by atoms with Crippen LogP contribution >= 0.6 is 0 Å². The monoisotopic (exact) mass is 423 g/mol. The number of aryl methyl sites for hydroxylation is 1. The van der Waals surface area contributed by atoms with Crippen molar-refractivity contribution in [3.05, 3.63) is 102 Å². The molecule has 1 heterocycles. The molecule has 0 aliphatic heterocycles. The number of hydrogen-bond donors (Lipinski definition) is 2. The molecule has 0 saturated carbocycles. The lowest BCUT2D eigenvalue weighted by atomic mass is 10.0. The molecule has 160 valence electrons. The molecule has 0 radical (unpaired) electrons. The van der Waals surface area contributed by atoms with Crippen LogP contribution in [-0.2, 0) is 0 Å². The lowest BCUT2D eigenvalue weighted by molar-refractivity contribution is 0.0952. The fraction of sp³-hybridized carbons (Fsp3) is 0.148. The van der Waals surface area contributed by atoms with Crippen molar-refractivity contribution in [3.63, 3.8) is 0 Å². The maximum Gasteiger partial charge on any atom is 0.252 e. The van der Waals surface area contributed by atoms with Crippen molar-refractivity contribution >= 4 is 22.7 Å². The van der Waals surface area contributed by atoms with E-state index in [1.165, 1.54) is 0 Å². The zero-order chi connectivity index (χ0) is 22.3. The second-order valence-electron chi connectivity index (χ2n) is 7.62. The number of amides is 2. The minimum atomic E-state index is -0.147. The summed E-state index contributed by atoms with van der Waals surface area (Å²) in [7, 11) is 0. The van der Waals surface area contributed by atoms with Crippen LogP contribution in [0.25, 0.3) is 22.2 Å². The normalized spacial score (nSPS) is 10.7. The summed E-state index contributed by atoms with van der Waals surface area (Å²) in [5.74, 6) is -0.243. The van der Waals surface area contributed by atoms with Crippen LogP contribution in [0.2, 0.25) is 0 Å². The fourth-order valence-corrected chi connectivity index (χ4v) is 3.63. The van der Waals surface area contributed by atoms with Crippen LogP contribution in [0.1, 0.15) is 32.7 Å². The van der Waals surface area contributed by atoms with Crippen molar-refractivity contribution in [1.29, 1.82) is 0 Å². The van der Waals surface area contributed by atoms with Crippen molar-refractivity contribution in [1.82, 2.24) is 15.6 Å². The Kier molecular flexibility index (Phi) is 6.56. The van der Waals surface area contributed by atoms with Crippen molar-refractivity contribution in [3.8, 4) is 11.3 Å². The molecule has 5 heteroatoms. The summed E-state index contributed by atoms with van der Waals surface area (Å²) in [6.07, 6.45) is 0.637. The highest BCUT2D eigenvalue weighted by molar-refractivity contribution is 6.07. The standard InChI is InChI=1S/C27H25N3O2/c1-19-10-5-6-13-21(19)26(31)28-16-9-17-29-27(32)23-18-25(20-11-3-2-4-12-20)30-24-15-8-7-14-22(23)24/h2-8,10-15,18H,9,16-17H2,1H3,(H,28,31)(H,29,32). The molecule has 0 atom stereocenters. The summed E-state index contributed by atoms with van der Waals surface area (Å²) >= 11 is 0. The zero-order valence-electron chi connectivity index (χ0n) is 18.0. The Morgan fingerprint density at radius 2 is 1.38 bits per heavy atom. The highest BCUT2D eigenvalue weighted by atomic mass is 16.2. The van der Waals surface area contributed by atoms with Gasteiger partial charge in [-0.2, -0.15) is 0 Å². The molecule has 0 spiro atoms. The molecule has 0 saturated heterocycles. The van der Waals surface area contributed by atoms with E-state index < -0.39 is 0 Å².